The van der Waals surface area contributed by atoms with Crippen molar-refractivity contribution in [3.8, 4) is 0 Å². The lowest BCUT2D eigenvalue weighted by atomic mass is 10.0. The highest BCUT2D eigenvalue weighted by Crippen LogP contribution is 2.16. The van der Waals surface area contributed by atoms with Gasteiger partial charge in [0.15, 0.2) is 0 Å². The van der Waals surface area contributed by atoms with Gasteiger partial charge < -0.3 is 14.6 Å². The lowest BCUT2D eigenvalue weighted by molar-refractivity contribution is -0.141. The molecule has 0 aliphatic rings. The summed E-state index contributed by atoms with van der Waals surface area (Å²) in [6.07, 6.45) is 2.58. The van der Waals surface area contributed by atoms with E-state index in [0.29, 0.717) is 18.6 Å². The number of carbonyl (C=O) groups is 2. The van der Waals surface area contributed by atoms with Gasteiger partial charge in [0.2, 0.25) is 21.8 Å². The Balaban J connectivity index is 2.24. The Bertz CT molecular complexity index is 951. The van der Waals surface area contributed by atoms with Gasteiger partial charge in [-0.1, -0.05) is 31.5 Å². The Labute approximate surface area is 184 Å². The van der Waals surface area contributed by atoms with Gasteiger partial charge >= 0.3 is 0 Å². The first kappa shape index (κ1) is 24.6. The maximum absolute atomic E-state index is 13.1. The fourth-order valence-electron chi connectivity index (χ4n) is 3.04. The lowest BCUT2D eigenvalue weighted by Gasteiger charge is -2.33. The molecule has 2 N–H and O–H groups in total. The van der Waals surface area contributed by atoms with Crippen LogP contribution in [0, 0.1) is 0 Å². The zero-order valence-electron chi connectivity index (χ0n) is 18.4. The number of benzene rings is 1. The van der Waals surface area contributed by atoms with Gasteiger partial charge in [0.1, 0.15) is 11.8 Å². The van der Waals surface area contributed by atoms with Crippen LogP contribution in [0.25, 0.3) is 0 Å². The van der Waals surface area contributed by atoms with Gasteiger partial charge in [-0.3, -0.25) is 9.59 Å². The molecule has 9 heteroatoms. The summed E-state index contributed by atoms with van der Waals surface area (Å²) in [4.78, 5) is 27.5. The third-order valence-electron chi connectivity index (χ3n) is 4.43. The number of nitrogens with zero attached hydrogens (tertiary/aromatic N) is 1. The summed E-state index contributed by atoms with van der Waals surface area (Å²) in [5.41, 5.74) is -0.475. The molecule has 31 heavy (non-hydrogen) atoms. The van der Waals surface area contributed by atoms with Crippen molar-refractivity contribution >= 4 is 21.8 Å². The molecule has 8 nitrogen and oxygen atoms in total. The van der Waals surface area contributed by atoms with Gasteiger partial charge in [-0.25, -0.2) is 13.1 Å². The van der Waals surface area contributed by atoms with Crippen LogP contribution in [0.4, 0.5) is 0 Å². The third kappa shape index (κ3) is 7.52. The minimum absolute atomic E-state index is 0.0567. The molecule has 0 bridgehead atoms. The summed E-state index contributed by atoms with van der Waals surface area (Å²) in [6, 6.07) is 10.5. The van der Waals surface area contributed by atoms with Crippen molar-refractivity contribution in [1.82, 2.24) is 14.9 Å². The second kappa shape index (κ2) is 10.6. The first-order chi connectivity index (χ1) is 14.5. The van der Waals surface area contributed by atoms with E-state index in [2.05, 4.69) is 10.0 Å². The topological polar surface area (TPSA) is 109 Å². The van der Waals surface area contributed by atoms with Gasteiger partial charge in [-0.05, 0) is 51.5 Å². The molecular formula is C22H31N3O5S. The second-order valence-electron chi connectivity index (χ2n) is 8.28. The van der Waals surface area contributed by atoms with Gasteiger partial charge in [0.05, 0.1) is 24.2 Å². The maximum atomic E-state index is 13.1. The quantitative estimate of drug-likeness (QED) is 0.580. The maximum Gasteiger partial charge on any atom is 0.243 e. The molecule has 0 saturated carbocycles. The van der Waals surface area contributed by atoms with Crippen molar-refractivity contribution in [3.63, 3.8) is 0 Å². The summed E-state index contributed by atoms with van der Waals surface area (Å²) in [6.45, 7) is 7.09. The molecule has 0 unspecified atom stereocenters. The first-order valence-electron chi connectivity index (χ1n) is 10.2. The molecular weight excluding hydrogens is 418 g/mol. The van der Waals surface area contributed by atoms with Crippen LogP contribution in [0.15, 0.2) is 58.0 Å². The summed E-state index contributed by atoms with van der Waals surface area (Å²) in [5.74, 6) is -0.303. The van der Waals surface area contributed by atoms with Gasteiger partial charge in [-0.15, -0.1) is 0 Å². The molecule has 2 amide bonds. The van der Waals surface area contributed by atoms with Gasteiger partial charge in [0, 0.05) is 5.54 Å². The second-order valence-corrected chi connectivity index (χ2v) is 10.0. The van der Waals surface area contributed by atoms with Crippen LogP contribution >= 0.6 is 0 Å². The van der Waals surface area contributed by atoms with E-state index in [1.54, 1.807) is 30.3 Å². The summed E-state index contributed by atoms with van der Waals surface area (Å²) in [5, 5.41) is 2.92. The van der Waals surface area contributed by atoms with E-state index >= 15 is 0 Å². The third-order valence-corrected chi connectivity index (χ3v) is 5.85. The van der Waals surface area contributed by atoms with Crippen molar-refractivity contribution in [2.24, 2.45) is 0 Å². The standard InChI is InChI=1S/C22H31N3O5S/c1-5-10-19(21(27)24-22(2,3)4)25(16-17-11-9-14-30-17)20(26)15-23-31(28,29)18-12-7-6-8-13-18/h6-9,11-14,19,23H,5,10,15-16H2,1-4H3,(H,24,27)/t19-/m0/s1. The smallest absolute Gasteiger partial charge is 0.243 e. The Kier molecular flexibility index (Phi) is 8.41. The van der Waals surface area contributed by atoms with Crippen molar-refractivity contribution in [1.29, 1.82) is 0 Å². The van der Waals surface area contributed by atoms with Gasteiger partial charge in [0.25, 0.3) is 0 Å². The highest BCUT2D eigenvalue weighted by Gasteiger charge is 2.32. The number of hydrogen-bond acceptors (Lipinski definition) is 5. The van der Waals surface area contributed by atoms with Crippen LogP contribution in [-0.4, -0.2) is 43.3 Å². The van der Waals surface area contributed by atoms with Crippen LogP contribution < -0.4 is 10.0 Å². The van der Waals surface area contributed by atoms with Crippen LogP contribution in [0.1, 0.15) is 46.3 Å². The molecule has 0 aliphatic carbocycles. The fraction of sp³-hybridized carbons (Fsp3) is 0.455. The van der Waals surface area contributed by atoms with Gasteiger partial charge in [-0.2, -0.15) is 0 Å². The zero-order valence-corrected chi connectivity index (χ0v) is 19.2. The molecule has 0 fully saturated rings. The Hall–Kier alpha value is -2.65. The number of hydrogen-bond donors (Lipinski definition) is 2. The molecule has 1 aromatic carbocycles. The predicted molar refractivity (Wildman–Crippen MR) is 117 cm³/mol. The Morgan fingerprint density at radius 3 is 2.32 bits per heavy atom. The number of amides is 2. The van der Waals surface area contributed by atoms with E-state index in [1.165, 1.54) is 23.3 Å². The van der Waals surface area contributed by atoms with Crippen molar-refractivity contribution < 1.29 is 22.4 Å². The molecule has 170 valence electrons. The molecule has 1 aromatic heterocycles. The zero-order chi connectivity index (χ0) is 23.1. The number of nitrogens with one attached hydrogen (secondary N) is 2. The molecule has 0 saturated heterocycles. The normalized spacial score (nSPS) is 12.9. The van der Waals surface area contributed by atoms with E-state index in [-0.39, 0.29) is 17.3 Å². The summed E-state index contributed by atoms with van der Waals surface area (Å²) >= 11 is 0. The van der Waals surface area contributed by atoms with Crippen LogP contribution in [-0.2, 0) is 26.2 Å². The SMILES string of the molecule is CCC[C@@H](C(=O)NC(C)(C)C)N(Cc1ccco1)C(=O)CNS(=O)(=O)c1ccccc1. The van der Waals surface area contributed by atoms with E-state index in [1.807, 2.05) is 27.7 Å². The lowest BCUT2D eigenvalue weighted by Crippen LogP contribution is -2.55. The first-order valence-corrected chi connectivity index (χ1v) is 11.7. The highest BCUT2D eigenvalue weighted by molar-refractivity contribution is 7.89. The van der Waals surface area contributed by atoms with E-state index in [0.717, 1.165) is 0 Å². The van der Waals surface area contributed by atoms with Crippen LogP contribution in [0.3, 0.4) is 0 Å². The molecule has 1 heterocycles. The average Bonchev–Trinajstić information content (AvgIpc) is 3.21. The van der Waals surface area contributed by atoms with E-state index < -0.39 is 34.1 Å². The minimum atomic E-state index is -3.86. The van der Waals surface area contributed by atoms with Crippen LogP contribution in [0.2, 0.25) is 0 Å². The Morgan fingerprint density at radius 1 is 1.10 bits per heavy atom. The highest BCUT2D eigenvalue weighted by atomic mass is 32.2. The van der Waals surface area contributed by atoms with Crippen LogP contribution in [0.5, 0.6) is 0 Å². The van der Waals surface area contributed by atoms with E-state index in [4.69, 9.17) is 4.42 Å². The predicted octanol–water partition coefficient (Wildman–Crippen LogP) is 2.67. The number of rotatable bonds is 10. The molecule has 2 aromatic rings. The Morgan fingerprint density at radius 2 is 1.77 bits per heavy atom. The summed E-state index contributed by atoms with van der Waals surface area (Å²) in [7, 11) is -3.86. The fourth-order valence-corrected chi connectivity index (χ4v) is 4.03. The molecule has 2 rings (SSSR count). The van der Waals surface area contributed by atoms with Crippen molar-refractivity contribution in [2.75, 3.05) is 6.54 Å². The monoisotopic (exact) mass is 449 g/mol. The molecule has 0 spiro atoms. The molecule has 1 atom stereocenters. The summed E-state index contributed by atoms with van der Waals surface area (Å²) < 4.78 is 32.7. The van der Waals surface area contributed by atoms with Crippen molar-refractivity contribution in [2.45, 2.75) is 63.6 Å². The molecule has 0 aliphatic heterocycles. The number of sulfonamides is 1. The minimum Gasteiger partial charge on any atom is -0.467 e. The largest absolute Gasteiger partial charge is 0.467 e. The van der Waals surface area contributed by atoms with Crippen molar-refractivity contribution in [3.05, 3.63) is 54.5 Å². The average molecular weight is 450 g/mol. The molecule has 0 radical (unpaired) electrons. The number of carbonyl (C=O) groups excluding carboxylic acids is 2. The number of furan rings is 1. The van der Waals surface area contributed by atoms with E-state index in [9.17, 15) is 18.0 Å².